The monoisotopic (exact) mass is 495 g/mol. The number of fused-ring (bicyclic) bond motifs is 4. The molecule has 1 saturated carbocycles. The predicted molar refractivity (Wildman–Crippen MR) is 144 cm³/mol. The van der Waals surface area contributed by atoms with Crippen molar-refractivity contribution in [3.63, 3.8) is 0 Å². The Kier molecular flexibility index (Phi) is 6.13. The fourth-order valence-electron chi connectivity index (χ4n) is 5.16. The molecule has 0 unspecified atom stereocenters. The van der Waals surface area contributed by atoms with Crippen molar-refractivity contribution in [1.82, 2.24) is 24.9 Å². The Hall–Kier alpha value is -4.11. The molecule has 1 aliphatic carbocycles. The Morgan fingerprint density at radius 2 is 2.00 bits per heavy atom. The van der Waals surface area contributed by atoms with Gasteiger partial charge in [0.15, 0.2) is 5.82 Å². The number of aromatic nitrogens is 5. The second kappa shape index (κ2) is 9.74. The van der Waals surface area contributed by atoms with Crippen molar-refractivity contribution in [2.24, 2.45) is 5.73 Å². The third kappa shape index (κ3) is 4.35. The molecule has 0 radical (unpaired) electrons. The van der Waals surface area contributed by atoms with Gasteiger partial charge >= 0.3 is 5.97 Å². The SMILES string of the molecule is N[C@@H](CCCCNc1nc(-c2ccnc3[nH]c4ccccc4c23)nc2cncc(C3CCC3)c12)C(=O)O. The molecule has 4 aromatic heterocycles. The molecule has 5 N–H and O–H groups in total. The molecular formula is C28H29N7O2. The maximum atomic E-state index is 11.0. The maximum Gasteiger partial charge on any atom is 0.320 e. The van der Waals surface area contributed by atoms with Gasteiger partial charge in [0.1, 0.15) is 17.5 Å². The van der Waals surface area contributed by atoms with E-state index in [2.05, 4.69) is 26.3 Å². The first-order chi connectivity index (χ1) is 18.1. The highest BCUT2D eigenvalue weighted by Gasteiger charge is 2.25. The predicted octanol–water partition coefficient (Wildman–Crippen LogP) is 4.98. The number of carboxylic acid groups (broad SMARTS) is 1. The summed E-state index contributed by atoms with van der Waals surface area (Å²) in [7, 11) is 0. The third-order valence-electron chi connectivity index (χ3n) is 7.37. The number of rotatable bonds is 9. The van der Waals surface area contributed by atoms with Crippen LogP contribution in [0.2, 0.25) is 0 Å². The van der Waals surface area contributed by atoms with Crippen molar-refractivity contribution in [2.45, 2.75) is 50.5 Å². The molecule has 37 heavy (non-hydrogen) atoms. The van der Waals surface area contributed by atoms with Crippen LogP contribution in [0.1, 0.15) is 50.0 Å². The number of carbonyl (C=O) groups is 1. The molecule has 0 bridgehead atoms. The van der Waals surface area contributed by atoms with Gasteiger partial charge in [0, 0.05) is 46.2 Å². The number of hydrogen-bond acceptors (Lipinski definition) is 7. The van der Waals surface area contributed by atoms with Gasteiger partial charge in [-0.25, -0.2) is 15.0 Å². The van der Waals surface area contributed by atoms with Gasteiger partial charge in [-0.15, -0.1) is 0 Å². The summed E-state index contributed by atoms with van der Waals surface area (Å²) >= 11 is 0. The van der Waals surface area contributed by atoms with Gasteiger partial charge in [-0.05, 0) is 55.7 Å². The van der Waals surface area contributed by atoms with Crippen LogP contribution < -0.4 is 11.1 Å². The normalized spacial score (nSPS) is 14.7. The van der Waals surface area contributed by atoms with E-state index >= 15 is 0 Å². The highest BCUT2D eigenvalue weighted by atomic mass is 16.4. The molecule has 0 saturated heterocycles. The number of hydrogen-bond donors (Lipinski definition) is 4. The molecule has 4 heterocycles. The smallest absolute Gasteiger partial charge is 0.320 e. The van der Waals surface area contributed by atoms with Gasteiger partial charge in [0.2, 0.25) is 0 Å². The molecule has 9 nitrogen and oxygen atoms in total. The number of nitrogens with one attached hydrogen (secondary N) is 2. The zero-order chi connectivity index (χ0) is 25.4. The molecule has 188 valence electrons. The minimum absolute atomic E-state index is 0.444. The summed E-state index contributed by atoms with van der Waals surface area (Å²) in [5.41, 5.74) is 10.4. The van der Waals surface area contributed by atoms with Crippen molar-refractivity contribution in [2.75, 3.05) is 11.9 Å². The summed E-state index contributed by atoms with van der Waals surface area (Å²) < 4.78 is 0. The van der Waals surface area contributed by atoms with E-state index in [9.17, 15) is 4.79 Å². The van der Waals surface area contributed by atoms with E-state index in [1.54, 1.807) is 6.20 Å². The van der Waals surface area contributed by atoms with Crippen molar-refractivity contribution in [1.29, 1.82) is 0 Å². The summed E-state index contributed by atoms with van der Waals surface area (Å²) in [5, 5.41) is 15.7. The lowest BCUT2D eigenvalue weighted by Crippen LogP contribution is -2.29. The molecule has 1 fully saturated rings. The van der Waals surface area contributed by atoms with Crippen molar-refractivity contribution >= 4 is 44.6 Å². The number of anilines is 1. The number of nitrogens with zero attached hydrogens (tertiary/aromatic N) is 4. The van der Waals surface area contributed by atoms with Crippen LogP contribution in [-0.2, 0) is 4.79 Å². The molecule has 1 aliphatic rings. The van der Waals surface area contributed by atoms with Crippen LogP contribution in [0.3, 0.4) is 0 Å². The number of nitrogens with two attached hydrogens (primary N) is 1. The van der Waals surface area contributed by atoms with Gasteiger partial charge in [0.05, 0.1) is 11.7 Å². The molecule has 9 heteroatoms. The fourth-order valence-corrected chi connectivity index (χ4v) is 5.16. The van der Waals surface area contributed by atoms with Crippen molar-refractivity contribution < 1.29 is 9.90 Å². The Bertz CT molecular complexity index is 1610. The quantitative estimate of drug-likeness (QED) is 0.210. The van der Waals surface area contributed by atoms with Crippen molar-refractivity contribution in [3.8, 4) is 11.4 Å². The van der Waals surface area contributed by atoms with Crippen LogP contribution in [0.25, 0.3) is 44.2 Å². The molecule has 5 aromatic rings. The minimum atomic E-state index is -0.960. The molecule has 1 aromatic carbocycles. The molecule has 0 spiro atoms. The highest BCUT2D eigenvalue weighted by molar-refractivity contribution is 6.12. The summed E-state index contributed by atoms with van der Waals surface area (Å²) in [4.78, 5) is 33.6. The van der Waals surface area contributed by atoms with Crippen LogP contribution in [-0.4, -0.2) is 48.6 Å². The highest BCUT2D eigenvalue weighted by Crippen LogP contribution is 2.41. The largest absolute Gasteiger partial charge is 0.480 e. The Morgan fingerprint density at radius 3 is 2.81 bits per heavy atom. The van der Waals surface area contributed by atoms with E-state index < -0.39 is 12.0 Å². The number of aromatic amines is 1. The van der Waals surface area contributed by atoms with Gasteiger partial charge in [-0.1, -0.05) is 24.6 Å². The van der Waals surface area contributed by atoms with Gasteiger partial charge in [-0.3, -0.25) is 9.78 Å². The van der Waals surface area contributed by atoms with Crippen LogP contribution in [0.15, 0.2) is 48.9 Å². The molecule has 0 aliphatic heterocycles. The van der Waals surface area contributed by atoms with Gasteiger partial charge in [-0.2, -0.15) is 0 Å². The summed E-state index contributed by atoms with van der Waals surface area (Å²) in [6, 6.07) is 9.28. The number of H-pyrrole nitrogens is 1. The van der Waals surface area contributed by atoms with Crippen molar-refractivity contribution in [3.05, 3.63) is 54.5 Å². The molecule has 0 amide bonds. The Balaban J connectivity index is 1.41. The minimum Gasteiger partial charge on any atom is -0.480 e. The van der Waals surface area contributed by atoms with Crippen LogP contribution in [0.5, 0.6) is 0 Å². The Morgan fingerprint density at radius 1 is 1.14 bits per heavy atom. The van der Waals surface area contributed by atoms with Crippen LogP contribution in [0.4, 0.5) is 5.82 Å². The van der Waals surface area contributed by atoms with E-state index in [4.69, 9.17) is 20.8 Å². The zero-order valence-corrected chi connectivity index (χ0v) is 20.4. The first-order valence-electron chi connectivity index (χ1n) is 12.8. The van der Waals surface area contributed by atoms with Crippen LogP contribution >= 0.6 is 0 Å². The van der Waals surface area contributed by atoms with E-state index in [1.165, 1.54) is 12.0 Å². The number of para-hydroxylation sites is 1. The Labute approximate surface area is 213 Å². The first kappa shape index (κ1) is 23.3. The van der Waals surface area contributed by atoms with E-state index in [0.29, 0.717) is 31.1 Å². The number of carboxylic acids is 1. The third-order valence-corrected chi connectivity index (χ3v) is 7.37. The second-order valence-corrected chi connectivity index (χ2v) is 9.77. The van der Waals surface area contributed by atoms with Gasteiger partial charge in [0.25, 0.3) is 0 Å². The number of benzene rings is 1. The first-order valence-corrected chi connectivity index (χ1v) is 12.8. The zero-order valence-electron chi connectivity index (χ0n) is 20.4. The lowest BCUT2D eigenvalue weighted by molar-refractivity contribution is -0.138. The summed E-state index contributed by atoms with van der Waals surface area (Å²) in [6.07, 6.45) is 11.0. The molecule has 6 rings (SSSR count). The standard InChI is InChI=1S/C28H29N7O2/c29-20(28(36)37)9-3-4-12-31-27-24-19(16-6-5-7-16)14-30-15-22(24)34-25(35-27)18-11-13-32-26-23(18)17-8-1-2-10-21(17)33-26/h1-2,8,10-11,13-16,20H,3-7,9,12,29H2,(H,32,33)(H,36,37)(H,31,34,35)/t20-/m0/s1. The summed E-state index contributed by atoms with van der Waals surface area (Å²) in [5.74, 6) is 0.920. The topological polar surface area (TPSA) is 143 Å². The lowest BCUT2D eigenvalue weighted by atomic mass is 9.79. The number of pyridine rings is 2. The van der Waals surface area contributed by atoms with E-state index in [0.717, 1.165) is 63.5 Å². The molecule has 1 atom stereocenters. The molecular weight excluding hydrogens is 466 g/mol. The number of aliphatic carboxylic acids is 1. The second-order valence-electron chi connectivity index (χ2n) is 9.77. The lowest BCUT2D eigenvalue weighted by Gasteiger charge is -2.27. The van der Waals surface area contributed by atoms with Gasteiger partial charge < -0.3 is 21.1 Å². The average Bonchev–Trinajstić information content (AvgIpc) is 3.26. The average molecular weight is 496 g/mol. The van der Waals surface area contributed by atoms with E-state index in [1.807, 2.05) is 36.7 Å². The van der Waals surface area contributed by atoms with Crippen LogP contribution in [0, 0.1) is 0 Å². The summed E-state index contributed by atoms with van der Waals surface area (Å²) in [6.45, 7) is 0.656. The fraction of sp³-hybridized carbons (Fsp3) is 0.321. The maximum absolute atomic E-state index is 11.0. The number of unbranched alkanes of at least 4 members (excludes halogenated alkanes) is 1. The van der Waals surface area contributed by atoms with E-state index in [-0.39, 0.29) is 0 Å².